The minimum Gasteiger partial charge on any atom is -0.484 e. The van der Waals surface area contributed by atoms with Crippen LogP contribution in [0.25, 0.3) is 33.1 Å². The number of carbonyl (C=O) groups excluding carboxylic acids is 1. The van der Waals surface area contributed by atoms with Crippen molar-refractivity contribution < 1.29 is 13.9 Å². The van der Waals surface area contributed by atoms with Gasteiger partial charge >= 0.3 is 0 Å². The number of H-pyrrole nitrogens is 1. The molecule has 5 aromatic rings. The number of nitrogens with zero attached hydrogens (tertiary/aromatic N) is 1. The number of imidazole rings is 1. The largest absolute Gasteiger partial charge is 0.484 e. The third kappa shape index (κ3) is 3.76. The summed E-state index contributed by atoms with van der Waals surface area (Å²) < 4.78 is 11.2. The van der Waals surface area contributed by atoms with Gasteiger partial charge in [-0.3, -0.25) is 14.9 Å². The third-order valence-electron chi connectivity index (χ3n) is 4.85. The van der Waals surface area contributed by atoms with Gasteiger partial charge in [-0.05, 0) is 29.8 Å². The molecular weight excluding hydrogens is 394 g/mol. The standard InChI is InChI=1S/C24H17N3O4/c28-22(27-24-25-19-8-4-5-9-20(19)26-24)14-30-16-10-11-17-21(12-16)31-13-18(23(17)29)15-6-2-1-3-7-15/h1-13H,14H2,(H2,25,26,27,28). The molecule has 0 aliphatic heterocycles. The minimum atomic E-state index is -0.361. The SMILES string of the molecule is O=C(COc1ccc2c(=O)c(-c3ccccc3)coc2c1)Nc1nc2ccccc2[nH]1. The Bertz CT molecular complexity index is 1420. The highest BCUT2D eigenvalue weighted by Gasteiger charge is 2.11. The molecule has 0 aliphatic rings. The summed E-state index contributed by atoms with van der Waals surface area (Å²) >= 11 is 0. The second-order valence-electron chi connectivity index (χ2n) is 6.94. The summed E-state index contributed by atoms with van der Waals surface area (Å²) in [5.74, 6) is 0.413. The zero-order chi connectivity index (χ0) is 21.2. The first-order valence-corrected chi connectivity index (χ1v) is 9.66. The Kier molecular flexibility index (Phi) is 4.68. The lowest BCUT2D eigenvalue weighted by Gasteiger charge is -2.07. The fraction of sp³-hybridized carbons (Fsp3) is 0.0417. The van der Waals surface area contributed by atoms with E-state index in [-0.39, 0.29) is 17.9 Å². The summed E-state index contributed by atoms with van der Waals surface area (Å²) in [6.45, 7) is -0.213. The fourth-order valence-corrected chi connectivity index (χ4v) is 3.34. The van der Waals surface area contributed by atoms with Crippen LogP contribution in [0, 0.1) is 0 Å². The van der Waals surface area contributed by atoms with Crippen molar-refractivity contribution in [2.45, 2.75) is 0 Å². The highest BCUT2D eigenvalue weighted by molar-refractivity contribution is 5.92. The van der Waals surface area contributed by atoms with Crippen LogP contribution in [0.3, 0.4) is 0 Å². The molecule has 2 heterocycles. The van der Waals surface area contributed by atoms with Crippen molar-refractivity contribution in [3.8, 4) is 16.9 Å². The van der Waals surface area contributed by atoms with Crippen LogP contribution in [0.1, 0.15) is 0 Å². The molecule has 0 aliphatic carbocycles. The number of anilines is 1. The normalized spacial score (nSPS) is 11.0. The van der Waals surface area contributed by atoms with Gasteiger partial charge < -0.3 is 14.1 Å². The van der Waals surface area contributed by atoms with E-state index < -0.39 is 0 Å². The zero-order valence-electron chi connectivity index (χ0n) is 16.3. The van der Waals surface area contributed by atoms with Crippen molar-refractivity contribution in [2.75, 3.05) is 11.9 Å². The molecule has 0 spiro atoms. The van der Waals surface area contributed by atoms with Crippen LogP contribution >= 0.6 is 0 Å². The Morgan fingerprint density at radius 1 is 1.03 bits per heavy atom. The van der Waals surface area contributed by atoms with Gasteiger partial charge in [0.15, 0.2) is 12.0 Å². The van der Waals surface area contributed by atoms with Gasteiger partial charge in [0.25, 0.3) is 5.91 Å². The summed E-state index contributed by atoms with van der Waals surface area (Å²) in [7, 11) is 0. The average molecular weight is 411 g/mol. The molecule has 0 bridgehead atoms. The van der Waals surface area contributed by atoms with Crippen molar-refractivity contribution in [2.24, 2.45) is 0 Å². The molecule has 0 saturated carbocycles. The summed E-state index contributed by atoms with van der Waals surface area (Å²) in [4.78, 5) is 32.3. The summed E-state index contributed by atoms with van der Waals surface area (Å²) in [5.41, 5.74) is 3.14. The molecule has 0 fully saturated rings. The molecule has 0 unspecified atom stereocenters. The van der Waals surface area contributed by atoms with Crippen LogP contribution < -0.4 is 15.5 Å². The van der Waals surface area contributed by atoms with Gasteiger partial charge in [0.05, 0.1) is 22.0 Å². The molecule has 7 heteroatoms. The number of hydrogen-bond donors (Lipinski definition) is 2. The highest BCUT2D eigenvalue weighted by atomic mass is 16.5. The summed E-state index contributed by atoms with van der Waals surface area (Å²) in [6.07, 6.45) is 1.44. The first kappa shape index (κ1) is 18.6. The number of para-hydroxylation sites is 2. The molecular formula is C24H17N3O4. The summed E-state index contributed by atoms with van der Waals surface area (Å²) in [6, 6.07) is 21.7. The van der Waals surface area contributed by atoms with E-state index in [4.69, 9.17) is 9.15 Å². The highest BCUT2D eigenvalue weighted by Crippen LogP contribution is 2.23. The predicted octanol–water partition coefficient (Wildman–Crippen LogP) is 4.35. The molecule has 0 radical (unpaired) electrons. The van der Waals surface area contributed by atoms with Crippen LogP contribution in [0.4, 0.5) is 5.95 Å². The number of nitrogens with one attached hydrogen (secondary N) is 2. The van der Waals surface area contributed by atoms with Crippen molar-refractivity contribution in [1.82, 2.24) is 9.97 Å². The lowest BCUT2D eigenvalue weighted by molar-refractivity contribution is -0.118. The van der Waals surface area contributed by atoms with E-state index in [9.17, 15) is 9.59 Å². The van der Waals surface area contributed by atoms with Crippen LogP contribution in [0.2, 0.25) is 0 Å². The maximum atomic E-state index is 12.8. The van der Waals surface area contributed by atoms with Crippen molar-refractivity contribution in [3.05, 3.63) is 89.3 Å². The van der Waals surface area contributed by atoms with E-state index in [1.807, 2.05) is 54.6 Å². The van der Waals surface area contributed by atoms with E-state index in [1.54, 1.807) is 18.2 Å². The molecule has 0 atom stereocenters. The maximum Gasteiger partial charge on any atom is 0.264 e. The first-order valence-electron chi connectivity index (χ1n) is 9.66. The molecule has 7 nitrogen and oxygen atoms in total. The van der Waals surface area contributed by atoms with Crippen LogP contribution in [0.5, 0.6) is 5.75 Å². The number of aromatic nitrogens is 2. The minimum absolute atomic E-state index is 0.123. The van der Waals surface area contributed by atoms with E-state index in [1.165, 1.54) is 6.26 Å². The maximum absolute atomic E-state index is 12.8. The van der Waals surface area contributed by atoms with Crippen molar-refractivity contribution in [3.63, 3.8) is 0 Å². The Morgan fingerprint density at radius 3 is 2.68 bits per heavy atom. The van der Waals surface area contributed by atoms with Gasteiger partial charge in [0, 0.05) is 6.07 Å². The Morgan fingerprint density at radius 2 is 1.84 bits per heavy atom. The number of carbonyl (C=O) groups is 1. The molecule has 31 heavy (non-hydrogen) atoms. The smallest absolute Gasteiger partial charge is 0.264 e. The molecule has 2 N–H and O–H groups in total. The number of hydrogen-bond acceptors (Lipinski definition) is 5. The molecule has 152 valence electrons. The number of aromatic amines is 1. The lowest BCUT2D eigenvalue weighted by atomic mass is 10.1. The van der Waals surface area contributed by atoms with Crippen molar-refractivity contribution in [1.29, 1.82) is 0 Å². The molecule has 0 saturated heterocycles. The predicted molar refractivity (Wildman–Crippen MR) is 118 cm³/mol. The van der Waals surface area contributed by atoms with Gasteiger partial charge in [-0.25, -0.2) is 4.98 Å². The van der Waals surface area contributed by atoms with E-state index >= 15 is 0 Å². The number of amides is 1. The zero-order valence-corrected chi connectivity index (χ0v) is 16.3. The fourth-order valence-electron chi connectivity index (χ4n) is 3.34. The van der Waals surface area contributed by atoms with E-state index in [0.29, 0.717) is 28.2 Å². The molecule has 5 rings (SSSR count). The quantitative estimate of drug-likeness (QED) is 0.448. The van der Waals surface area contributed by atoms with Gasteiger partial charge in [0.2, 0.25) is 5.95 Å². The molecule has 1 amide bonds. The Hall–Kier alpha value is -4.39. The third-order valence-corrected chi connectivity index (χ3v) is 4.85. The van der Waals surface area contributed by atoms with Gasteiger partial charge in [-0.2, -0.15) is 0 Å². The van der Waals surface area contributed by atoms with Crippen LogP contribution in [-0.4, -0.2) is 22.5 Å². The number of rotatable bonds is 5. The van der Waals surface area contributed by atoms with Gasteiger partial charge in [-0.15, -0.1) is 0 Å². The number of benzene rings is 3. The van der Waals surface area contributed by atoms with Gasteiger partial charge in [0.1, 0.15) is 17.6 Å². The second-order valence-corrected chi connectivity index (χ2v) is 6.94. The topological polar surface area (TPSA) is 97.2 Å². The number of fused-ring (bicyclic) bond motifs is 2. The van der Waals surface area contributed by atoms with Crippen LogP contribution in [-0.2, 0) is 4.79 Å². The molecule has 3 aromatic carbocycles. The van der Waals surface area contributed by atoms with E-state index in [0.717, 1.165) is 16.6 Å². The Balaban J connectivity index is 1.30. The summed E-state index contributed by atoms with van der Waals surface area (Å²) in [5, 5.41) is 3.11. The van der Waals surface area contributed by atoms with Gasteiger partial charge in [-0.1, -0.05) is 42.5 Å². The van der Waals surface area contributed by atoms with Crippen LogP contribution in [0.15, 0.2) is 88.3 Å². The van der Waals surface area contributed by atoms with Crippen molar-refractivity contribution >= 4 is 33.9 Å². The monoisotopic (exact) mass is 411 g/mol. The number of ether oxygens (including phenoxy) is 1. The second kappa shape index (κ2) is 7.79. The lowest BCUT2D eigenvalue weighted by Crippen LogP contribution is -2.20. The van der Waals surface area contributed by atoms with E-state index in [2.05, 4.69) is 15.3 Å². The first-order chi connectivity index (χ1) is 15.2. The Labute approximate surface area is 176 Å². The average Bonchev–Trinajstić information content (AvgIpc) is 3.20. The molecule has 2 aromatic heterocycles.